The molecule has 1 fully saturated rings. The predicted octanol–water partition coefficient (Wildman–Crippen LogP) is 2.54. The van der Waals surface area contributed by atoms with Crippen LogP contribution in [0.5, 0.6) is 0 Å². The van der Waals surface area contributed by atoms with Gasteiger partial charge in [0.05, 0.1) is 12.1 Å². The van der Waals surface area contributed by atoms with Crippen LogP contribution in [0.2, 0.25) is 0 Å². The van der Waals surface area contributed by atoms with Crippen LogP contribution in [-0.4, -0.2) is 42.3 Å². The number of hydrogen-bond donors (Lipinski definition) is 1. The van der Waals surface area contributed by atoms with Gasteiger partial charge in [0.15, 0.2) is 5.69 Å². The van der Waals surface area contributed by atoms with Crippen molar-refractivity contribution in [2.75, 3.05) is 30.4 Å². The summed E-state index contributed by atoms with van der Waals surface area (Å²) in [6, 6.07) is 0.988. The molecule has 2 atom stereocenters. The van der Waals surface area contributed by atoms with E-state index in [0.717, 1.165) is 12.5 Å². The van der Waals surface area contributed by atoms with Crippen LogP contribution in [0.3, 0.4) is 0 Å². The Morgan fingerprint density at radius 1 is 1.43 bits per heavy atom. The Balaban J connectivity index is 2.35. The summed E-state index contributed by atoms with van der Waals surface area (Å²) in [5.41, 5.74) is -0.943. The van der Waals surface area contributed by atoms with Gasteiger partial charge in [-0.1, -0.05) is 0 Å². The molecule has 21 heavy (non-hydrogen) atoms. The fourth-order valence-corrected chi connectivity index (χ4v) is 2.40. The summed E-state index contributed by atoms with van der Waals surface area (Å²) in [6.45, 7) is 4.74. The van der Waals surface area contributed by atoms with Gasteiger partial charge >= 0.3 is 6.18 Å². The van der Waals surface area contributed by atoms with Crippen molar-refractivity contribution in [3.8, 4) is 0 Å². The molecule has 8 heteroatoms. The van der Waals surface area contributed by atoms with E-state index in [2.05, 4.69) is 15.3 Å². The third kappa shape index (κ3) is 3.55. The molecule has 0 amide bonds. The Bertz CT molecular complexity index is 495. The zero-order valence-corrected chi connectivity index (χ0v) is 12.2. The van der Waals surface area contributed by atoms with Crippen molar-refractivity contribution in [3.05, 3.63) is 11.8 Å². The lowest BCUT2D eigenvalue weighted by molar-refractivity contribution is -0.141. The molecule has 1 saturated heterocycles. The normalized spacial score (nSPS) is 22.4. The van der Waals surface area contributed by atoms with Crippen LogP contribution in [0, 0.1) is 0 Å². The van der Waals surface area contributed by atoms with Gasteiger partial charge in [-0.15, -0.1) is 0 Å². The summed E-state index contributed by atoms with van der Waals surface area (Å²) in [6.07, 6.45) is -3.78. The zero-order chi connectivity index (χ0) is 15.6. The Hall–Kier alpha value is -1.57. The van der Waals surface area contributed by atoms with Gasteiger partial charge in [-0.3, -0.25) is 0 Å². The monoisotopic (exact) mass is 304 g/mol. The van der Waals surface area contributed by atoms with Gasteiger partial charge in [0.1, 0.15) is 5.82 Å². The molecule has 1 aromatic heterocycles. The molecule has 0 bridgehead atoms. The summed E-state index contributed by atoms with van der Waals surface area (Å²) in [5.74, 6) is 0.233. The smallest absolute Gasteiger partial charge is 0.376 e. The lowest BCUT2D eigenvalue weighted by Gasteiger charge is -2.28. The minimum atomic E-state index is -4.50. The molecule has 1 N–H and O–H groups in total. The molecule has 0 saturated carbocycles. The number of nitrogens with zero attached hydrogens (tertiary/aromatic N) is 3. The summed E-state index contributed by atoms with van der Waals surface area (Å²) in [5, 5.41) is 2.74. The zero-order valence-electron chi connectivity index (χ0n) is 12.2. The molecular formula is C13H19F3N4O. The van der Waals surface area contributed by atoms with E-state index in [9.17, 15) is 13.2 Å². The van der Waals surface area contributed by atoms with Gasteiger partial charge < -0.3 is 15.0 Å². The van der Waals surface area contributed by atoms with Crippen LogP contribution < -0.4 is 10.2 Å². The highest BCUT2D eigenvalue weighted by molar-refractivity contribution is 5.46. The molecule has 118 valence electrons. The summed E-state index contributed by atoms with van der Waals surface area (Å²) < 4.78 is 44.3. The van der Waals surface area contributed by atoms with Crippen molar-refractivity contribution in [3.63, 3.8) is 0 Å². The van der Waals surface area contributed by atoms with Crippen molar-refractivity contribution in [1.82, 2.24) is 9.97 Å². The van der Waals surface area contributed by atoms with Gasteiger partial charge in [-0.2, -0.15) is 18.2 Å². The molecule has 1 aliphatic heterocycles. The van der Waals surface area contributed by atoms with Crippen LogP contribution >= 0.6 is 0 Å². The molecule has 1 aliphatic rings. The second kappa shape index (κ2) is 6.05. The number of hydrogen-bond acceptors (Lipinski definition) is 5. The Morgan fingerprint density at radius 3 is 2.67 bits per heavy atom. The van der Waals surface area contributed by atoms with Crippen LogP contribution in [-0.2, 0) is 10.9 Å². The maximum Gasteiger partial charge on any atom is 0.433 e. The van der Waals surface area contributed by atoms with Gasteiger partial charge in [0.2, 0.25) is 5.95 Å². The van der Waals surface area contributed by atoms with E-state index < -0.39 is 11.9 Å². The first kappa shape index (κ1) is 15.8. The molecule has 0 aromatic carbocycles. The minimum Gasteiger partial charge on any atom is -0.376 e. The molecular weight excluding hydrogens is 285 g/mol. The Kier molecular flexibility index (Phi) is 4.55. The average molecular weight is 304 g/mol. The van der Waals surface area contributed by atoms with Gasteiger partial charge in [-0.25, -0.2) is 4.98 Å². The molecule has 1 aromatic rings. The quantitative estimate of drug-likeness (QED) is 0.926. The van der Waals surface area contributed by atoms with Crippen molar-refractivity contribution >= 4 is 11.8 Å². The third-order valence-electron chi connectivity index (χ3n) is 3.53. The summed E-state index contributed by atoms with van der Waals surface area (Å²) >= 11 is 0. The molecule has 2 rings (SSSR count). The first-order valence-electron chi connectivity index (χ1n) is 6.87. The largest absolute Gasteiger partial charge is 0.433 e. The number of aromatic nitrogens is 2. The summed E-state index contributed by atoms with van der Waals surface area (Å²) in [7, 11) is 1.73. The lowest BCUT2D eigenvalue weighted by Crippen LogP contribution is -2.37. The number of nitrogens with one attached hydrogen (secondary N) is 1. The highest BCUT2D eigenvalue weighted by Crippen LogP contribution is 2.31. The first-order valence-corrected chi connectivity index (χ1v) is 6.87. The van der Waals surface area contributed by atoms with Crippen molar-refractivity contribution in [2.45, 2.75) is 38.6 Å². The Labute approximate surface area is 121 Å². The van der Waals surface area contributed by atoms with E-state index in [1.54, 1.807) is 18.9 Å². The van der Waals surface area contributed by atoms with Crippen LogP contribution in [0.1, 0.15) is 26.0 Å². The van der Waals surface area contributed by atoms with E-state index in [-0.39, 0.29) is 23.9 Å². The van der Waals surface area contributed by atoms with Crippen molar-refractivity contribution in [1.29, 1.82) is 0 Å². The van der Waals surface area contributed by atoms with Crippen molar-refractivity contribution < 1.29 is 17.9 Å². The van der Waals surface area contributed by atoms with Gasteiger partial charge in [0.25, 0.3) is 0 Å². The number of alkyl halides is 3. The highest BCUT2D eigenvalue weighted by Gasteiger charge is 2.35. The van der Waals surface area contributed by atoms with E-state index >= 15 is 0 Å². The molecule has 5 nitrogen and oxygen atoms in total. The van der Waals surface area contributed by atoms with E-state index in [0.29, 0.717) is 13.2 Å². The highest BCUT2D eigenvalue weighted by atomic mass is 19.4. The lowest BCUT2D eigenvalue weighted by atomic mass is 10.1. The Morgan fingerprint density at radius 2 is 2.14 bits per heavy atom. The third-order valence-corrected chi connectivity index (χ3v) is 3.53. The number of ether oxygens (including phenoxy) is 1. The number of anilines is 2. The number of likely N-dealkylation sites (N-methyl/N-ethyl adjacent to an activating group) is 1. The number of rotatable bonds is 4. The fraction of sp³-hybridized carbons (Fsp3) is 0.692. The summed E-state index contributed by atoms with van der Waals surface area (Å²) in [4.78, 5) is 9.41. The second-order valence-corrected chi connectivity index (χ2v) is 5.01. The average Bonchev–Trinajstić information content (AvgIpc) is 2.83. The van der Waals surface area contributed by atoms with Crippen LogP contribution in [0.4, 0.5) is 24.9 Å². The molecule has 0 aliphatic carbocycles. The van der Waals surface area contributed by atoms with Crippen LogP contribution in [0.25, 0.3) is 0 Å². The predicted molar refractivity (Wildman–Crippen MR) is 73.4 cm³/mol. The topological polar surface area (TPSA) is 50.3 Å². The van der Waals surface area contributed by atoms with Crippen molar-refractivity contribution in [2.24, 2.45) is 0 Å². The maximum absolute atomic E-state index is 12.9. The fourth-order valence-electron chi connectivity index (χ4n) is 2.40. The van der Waals surface area contributed by atoms with E-state index in [1.807, 2.05) is 6.92 Å². The standard InChI is InChI=1S/C13H19F3N4O/c1-4-17-12-18-10(13(14,15)16)7-11(19-12)20(3)9-5-6-21-8(9)2/h7-9H,4-6H2,1-3H3,(H,17,18,19). The van der Waals surface area contributed by atoms with Gasteiger partial charge in [-0.05, 0) is 20.3 Å². The van der Waals surface area contributed by atoms with E-state index in [4.69, 9.17) is 4.74 Å². The number of halogens is 3. The van der Waals surface area contributed by atoms with Crippen LogP contribution in [0.15, 0.2) is 6.07 Å². The molecule has 2 unspecified atom stereocenters. The molecule has 0 spiro atoms. The van der Waals surface area contributed by atoms with E-state index in [1.165, 1.54) is 0 Å². The molecule has 0 radical (unpaired) electrons. The SMILES string of the molecule is CCNc1nc(N(C)C2CCOC2C)cc(C(F)(F)F)n1. The van der Waals surface area contributed by atoms with Gasteiger partial charge in [0, 0.05) is 26.3 Å². The first-order chi connectivity index (χ1) is 9.82. The minimum absolute atomic E-state index is 0.00969. The molecule has 2 heterocycles. The maximum atomic E-state index is 12.9. The second-order valence-electron chi connectivity index (χ2n) is 5.01.